The average molecular weight is 335 g/mol. The summed E-state index contributed by atoms with van der Waals surface area (Å²) < 4.78 is 18.7. The zero-order valence-corrected chi connectivity index (χ0v) is 17.5. The van der Waals surface area contributed by atoms with Crippen LogP contribution in [0, 0.1) is 0 Å². The lowest BCUT2D eigenvalue weighted by atomic mass is 11.0. The van der Waals surface area contributed by atoms with Crippen LogP contribution in [-0.4, -0.2) is 36.6 Å². The lowest BCUT2D eigenvalue weighted by Gasteiger charge is -2.25. The van der Waals surface area contributed by atoms with Gasteiger partial charge in [0.2, 0.25) is 0 Å². The van der Waals surface area contributed by atoms with Crippen molar-refractivity contribution in [2.45, 2.75) is 77.8 Å². The molecule has 0 aliphatic heterocycles. The first-order chi connectivity index (χ1) is 9.14. The molecule has 0 spiro atoms. The molecule has 0 amide bonds. The van der Waals surface area contributed by atoms with E-state index in [2.05, 4.69) is 41.5 Å². The summed E-state index contributed by atoms with van der Waals surface area (Å²) in [6, 6.07) is 6.74. The fourth-order valence-electron chi connectivity index (χ4n) is 1.57. The highest BCUT2D eigenvalue weighted by Crippen LogP contribution is 2.12. The second kappa shape index (κ2) is 12.5. The summed E-state index contributed by atoms with van der Waals surface area (Å²) in [7, 11) is -3.47. The Kier molecular flexibility index (Phi) is 13.0. The normalized spacial score (nSPS) is 12.3. The zero-order valence-electron chi connectivity index (χ0n) is 13.5. The van der Waals surface area contributed by atoms with Crippen molar-refractivity contribution in [3.8, 4) is 0 Å². The van der Waals surface area contributed by atoms with E-state index in [0.717, 1.165) is 12.1 Å². The van der Waals surface area contributed by atoms with E-state index >= 15 is 0 Å². The molecule has 0 bridgehead atoms. The molecule has 0 heterocycles. The van der Waals surface area contributed by atoms with Crippen molar-refractivity contribution in [3.63, 3.8) is 0 Å². The van der Waals surface area contributed by atoms with E-state index in [1.807, 2.05) is 0 Å². The van der Waals surface area contributed by atoms with E-state index in [-0.39, 0.29) is 0 Å². The third-order valence-corrected chi connectivity index (χ3v) is 13.2. The van der Waals surface area contributed by atoms with Gasteiger partial charge in [0.05, 0.1) is 0 Å². The van der Waals surface area contributed by atoms with Crippen LogP contribution in [0.5, 0.6) is 0 Å². The molecule has 0 aromatic heterocycles. The van der Waals surface area contributed by atoms with Crippen molar-refractivity contribution in [1.29, 1.82) is 0 Å². The van der Waals surface area contributed by atoms with Crippen LogP contribution in [0.25, 0.3) is 0 Å². The van der Waals surface area contributed by atoms with Gasteiger partial charge in [-0.3, -0.25) is 0 Å². The van der Waals surface area contributed by atoms with Crippen LogP contribution in [0.3, 0.4) is 0 Å². The van der Waals surface area contributed by atoms with Crippen molar-refractivity contribution >= 4 is 36.6 Å². The van der Waals surface area contributed by atoms with Crippen molar-refractivity contribution in [3.05, 3.63) is 0 Å². The summed E-state index contributed by atoms with van der Waals surface area (Å²) in [5, 5.41) is 0. The highest BCUT2D eigenvalue weighted by Gasteiger charge is 2.27. The van der Waals surface area contributed by atoms with Gasteiger partial charge >= 0.3 is 18.6 Å². The fourth-order valence-corrected chi connectivity index (χ4v) is 11.9. The molecule has 0 aromatic carbocycles. The smallest absolute Gasteiger partial charge is 0.363 e. The molecule has 0 atom stereocenters. The molecule has 0 aliphatic carbocycles. The van der Waals surface area contributed by atoms with Crippen LogP contribution in [0.4, 0.5) is 0 Å². The molecule has 0 fully saturated rings. The molecule has 19 heavy (non-hydrogen) atoms. The average Bonchev–Trinajstić information content (AvgIpc) is 2.46. The van der Waals surface area contributed by atoms with Gasteiger partial charge in [0, 0.05) is 0 Å². The fraction of sp³-hybridized carbons (Fsp3) is 1.00. The maximum atomic E-state index is 6.23. The SMILES string of the molecule is CC[Si](CC)O[Si](CC)O[Si](CC)O[Si](CC)CC. The molecule has 0 saturated carbocycles. The molecule has 112 valence electrons. The summed E-state index contributed by atoms with van der Waals surface area (Å²) in [6.07, 6.45) is 0. The zero-order chi connectivity index (χ0) is 14.7. The highest BCUT2D eigenvalue weighted by atomic mass is 28.4. The Labute approximate surface area is 127 Å². The van der Waals surface area contributed by atoms with E-state index < -0.39 is 36.6 Å². The Bertz CT molecular complexity index is 181. The van der Waals surface area contributed by atoms with Crippen LogP contribution < -0.4 is 0 Å². The van der Waals surface area contributed by atoms with Crippen LogP contribution in [0.15, 0.2) is 0 Å². The van der Waals surface area contributed by atoms with E-state index in [4.69, 9.17) is 12.3 Å². The maximum Gasteiger partial charge on any atom is 0.363 e. The molecule has 3 nitrogen and oxygen atoms in total. The summed E-state index contributed by atoms with van der Waals surface area (Å²) in [5.74, 6) is 0. The standard InChI is InChI=1S/C12H30O3Si4/c1-7-16(8-2)13-18(11-5)15-19(12-6)14-17(9-3)10-4/h7-12H2,1-6H3. The molecule has 7 heteroatoms. The lowest BCUT2D eigenvalue weighted by molar-refractivity contribution is 0.369. The van der Waals surface area contributed by atoms with E-state index in [1.54, 1.807) is 0 Å². The van der Waals surface area contributed by atoms with Gasteiger partial charge < -0.3 is 12.3 Å². The van der Waals surface area contributed by atoms with Gasteiger partial charge in [-0.1, -0.05) is 41.5 Å². The first-order valence-electron chi connectivity index (χ1n) is 7.59. The topological polar surface area (TPSA) is 27.7 Å². The minimum absolute atomic E-state index is 0.637. The van der Waals surface area contributed by atoms with Crippen LogP contribution in [0.1, 0.15) is 41.5 Å². The molecule has 0 aromatic rings. The number of rotatable bonds is 12. The molecule has 0 rings (SSSR count). The lowest BCUT2D eigenvalue weighted by Crippen LogP contribution is -2.39. The quantitative estimate of drug-likeness (QED) is 0.503. The van der Waals surface area contributed by atoms with Crippen molar-refractivity contribution in [2.75, 3.05) is 0 Å². The van der Waals surface area contributed by atoms with E-state index in [9.17, 15) is 0 Å². The Hall–Kier alpha value is 0.748. The van der Waals surface area contributed by atoms with E-state index in [0.29, 0.717) is 0 Å². The largest absolute Gasteiger partial charge is 0.435 e. The van der Waals surface area contributed by atoms with Crippen LogP contribution in [0.2, 0.25) is 36.3 Å². The van der Waals surface area contributed by atoms with Gasteiger partial charge in [-0.25, -0.2) is 0 Å². The third kappa shape index (κ3) is 8.59. The summed E-state index contributed by atoms with van der Waals surface area (Å²) >= 11 is 0. The number of hydrogen-bond acceptors (Lipinski definition) is 3. The van der Waals surface area contributed by atoms with Crippen molar-refractivity contribution in [2.24, 2.45) is 0 Å². The second-order valence-electron chi connectivity index (χ2n) is 4.25. The van der Waals surface area contributed by atoms with Crippen LogP contribution in [-0.2, 0) is 12.3 Å². The minimum Gasteiger partial charge on any atom is -0.435 e. The maximum absolute atomic E-state index is 6.23. The molecule has 0 unspecified atom stereocenters. The molecular weight excluding hydrogens is 304 g/mol. The van der Waals surface area contributed by atoms with Crippen LogP contribution >= 0.6 is 0 Å². The highest BCUT2D eigenvalue weighted by molar-refractivity contribution is 6.70. The molecule has 0 N–H and O–H groups in total. The molecular formula is C12H30O3Si4. The van der Waals surface area contributed by atoms with Gasteiger partial charge in [-0.2, -0.15) is 0 Å². The first kappa shape index (κ1) is 19.7. The summed E-state index contributed by atoms with van der Waals surface area (Å²) in [4.78, 5) is 0. The Morgan fingerprint density at radius 1 is 0.474 bits per heavy atom. The predicted molar refractivity (Wildman–Crippen MR) is 89.2 cm³/mol. The first-order valence-corrected chi connectivity index (χ1v) is 14.3. The summed E-state index contributed by atoms with van der Waals surface area (Å²) in [5.41, 5.74) is 0. The third-order valence-electron chi connectivity index (χ3n) is 2.90. The van der Waals surface area contributed by atoms with Gasteiger partial charge in [-0.15, -0.1) is 0 Å². The molecule has 0 aliphatic rings. The van der Waals surface area contributed by atoms with Gasteiger partial charge in [-0.05, 0) is 36.3 Å². The van der Waals surface area contributed by atoms with Gasteiger partial charge in [0.15, 0.2) is 18.1 Å². The van der Waals surface area contributed by atoms with Gasteiger partial charge in [0.25, 0.3) is 0 Å². The summed E-state index contributed by atoms with van der Waals surface area (Å²) in [6.45, 7) is 13.3. The Morgan fingerprint density at radius 2 is 0.789 bits per heavy atom. The second-order valence-corrected chi connectivity index (χ2v) is 14.6. The predicted octanol–water partition coefficient (Wildman–Crippen LogP) is 4.12. The molecule has 4 radical (unpaired) electrons. The van der Waals surface area contributed by atoms with Crippen molar-refractivity contribution in [1.82, 2.24) is 0 Å². The molecule has 0 saturated heterocycles. The van der Waals surface area contributed by atoms with Gasteiger partial charge in [0.1, 0.15) is 0 Å². The van der Waals surface area contributed by atoms with Crippen molar-refractivity contribution < 1.29 is 12.3 Å². The Balaban J connectivity index is 4.30. The Morgan fingerprint density at radius 3 is 1.00 bits per heavy atom. The number of hydrogen-bond donors (Lipinski definition) is 0. The van der Waals surface area contributed by atoms with E-state index in [1.165, 1.54) is 24.2 Å². The monoisotopic (exact) mass is 334 g/mol. The minimum atomic E-state index is -1.10.